The van der Waals surface area contributed by atoms with E-state index >= 15 is 0 Å². The second-order valence-corrected chi connectivity index (χ2v) is 6.34. The Morgan fingerprint density at radius 2 is 2.00 bits per heavy atom. The smallest absolute Gasteiger partial charge is 0.119 e. The number of aryl methyl sites for hydroxylation is 1. The Balaban J connectivity index is 2.08. The second kappa shape index (κ2) is 6.89. The number of halogens is 1. The SMILES string of the molecule is Cc1ccc(CC(Br)c2cccc(OC(C)C)c2)nc1. The predicted molar refractivity (Wildman–Crippen MR) is 86.6 cm³/mol. The average molecular weight is 334 g/mol. The predicted octanol–water partition coefficient (Wildman–Crippen LogP) is 4.86. The molecule has 0 saturated carbocycles. The first-order valence-electron chi connectivity index (χ1n) is 6.87. The third kappa shape index (κ3) is 4.34. The molecule has 0 spiro atoms. The molecule has 1 heterocycles. The summed E-state index contributed by atoms with van der Waals surface area (Å²) in [7, 11) is 0. The normalized spacial score (nSPS) is 12.4. The van der Waals surface area contributed by atoms with E-state index in [9.17, 15) is 0 Å². The summed E-state index contributed by atoms with van der Waals surface area (Å²) >= 11 is 3.75. The molecule has 0 bridgehead atoms. The van der Waals surface area contributed by atoms with Crippen LogP contribution in [0.2, 0.25) is 0 Å². The van der Waals surface area contributed by atoms with Gasteiger partial charge in [-0.3, -0.25) is 4.98 Å². The minimum Gasteiger partial charge on any atom is -0.491 e. The highest BCUT2D eigenvalue weighted by Gasteiger charge is 2.10. The van der Waals surface area contributed by atoms with Crippen LogP contribution in [0.1, 0.15) is 35.5 Å². The van der Waals surface area contributed by atoms with Crippen LogP contribution in [0, 0.1) is 6.92 Å². The number of hydrogen-bond donors (Lipinski definition) is 0. The number of alkyl halides is 1. The first kappa shape index (κ1) is 15.0. The second-order valence-electron chi connectivity index (χ2n) is 5.24. The van der Waals surface area contributed by atoms with Gasteiger partial charge in [0.15, 0.2) is 0 Å². The third-order valence-electron chi connectivity index (χ3n) is 2.95. The first-order chi connectivity index (χ1) is 9.54. The Morgan fingerprint density at radius 1 is 1.20 bits per heavy atom. The van der Waals surface area contributed by atoms with E-state index in [4.69, 9.17) is 4.74 Å². The van der Waals surface area contributed by atoms with Crippen molar-refractivity contribution in [1.82, 2.24) is 4.98 Å². The maximum atomic E-state index is 5.73. The van der Waals surface area contributed by atoms with E-state index in [0.717, 1.165) is 17.9 Å². The summed E-state index contributed by atoms with van der Waals surface area (Å²) < 4.78 is 5.73. The van der Waals surface area contributed by atoms with Crippen molar-refractivity contribution in [2.45, 2.75) is 38.1 Å². The number of benzene rings is 1. The Kier molecular flexibility index (Phi) is 5.18. The number of nitrogens with zero attached hydrogens (tertiary/aromatic N) is 1. The molecule has 0 aliphatic rings. The summed E-state index contributed by atoms with van der Waals surface area (Å²) in [6, 6.07) is 12.4. The molecule has 0 amide bonds. The van der Waals surface area contributed by atoms with Gasteiger partial charge in [0.05, 0.1) is 6.10 Å². The molecule has 0 fully saturated rings. The zero-order chi connectivity index (χ0) is 14.5. The molecule has 1 unspecified atom stereocenters. The Hall–Kier alpha value is -1.35. The molecule has 2 rings (SSSR count). The molecule has 0 aliphatic carbocycles. The summed E-state index contributed by atoms with van der Waals surface area (Å²) in [6.45, 7) is 6.12. The quantitative estimate of drug-likeness (QED) is 0.729. The van der Waals surface area contributed by atoms with E-state index < -0.39 is 0 Å². The highest BCUT2D eigenvalue weighted by Crippen LogP contribution is 2.29. The molecule has 0 radical (unpaired) electrons. The van der Waals surface area contributed by atoms with Gasteiger partial charge >= 0.3 is 0 Å². The number of rotatable bonds is 5. The highest BCUT2D eigenvalue weighted by molar-refractivity contribution is 9.09. The molecule has 1 aromatic carbocycles. The minimum absolute atomic E-state index is 0.192. The molecule has 0 saturated heterocycles. The summed E-state index contributed by atoms with van der Waals surface area (Å²) in [5.41, 5.74) is 3.49. The molecule has 2 nitrogen and oxygen atoms in total. The van der Waals surface area contributed by atoms with E-state index in [1.807, 2.05) is 32.2 Å². The Morgan fingerprint density at radius 3 is 2.65 bits per heavy atom. The topological polar surface area (TPSA) is 22.1 Å². The zero-order valence-electron chi connectivity index (χ0n) is 12.1. The fourth-order valence-corrected chi connectivity index (χ4v) is 2.59. The van der Waals surface area contributed by atoms with Crippen LogP contribution < -0.4 is 4.74 Å². The van der Waals surface area contributed by atoms with E-state index in [1.54, 1.807) is 0 Å². The summed E-state index contributed by atoms with van der Waals surface area (Å²) in [6.07, 6.45) is 2.97. The summed E-state index contributed by atoms with van der Waals surface area (Å²) in [4.78, 5) is 4.70. The minimum atomic E-state index is 0.192. The molecule has 0 N–H and O–H groups in total. The first-order valence-corrected chi connectivity index (χ1v) is 7.78. The van der Waals surface area contributed by atoms with Crippen molar-refractivity contribution in [3.63, 3.8) is 0 Å². The number of hydrogen-bond acceptors (Lipinski definition) is 2. The van der Waals surface area contributed by atoms with E-state index in [-0.39, 0.29) is 10.9 Å². The fraction of sp³-hybridized carbons (Fsp3) is 0.353. The van der Waals surface area contributed by atoms with Crippen molar-refractivity contribution < 1.29 is 4.74 Å². The maximum Gasteiger partial charge on any atom is 0.119 e. The van der Waals surface area contributed by atoms with Crippen molar-refractivity contribution in [1.29, 1.82) is 0 Å². The molecule has 1 atom stereocenters. The maximum absolute atomic E-state index is 5.73. The van der Waals surface area contributed by atoms with Gasteiger partial charge in [-0.15, -0.1) is 0 Å². The molecular formula is C17H20BrNO. The zero-order valence-corrected chi connectivity index (χ0v) is 13.7. The van der Waals surface area contributed by atoms with Crippen LogP contribution in [0.25, 0.3) is 0 Å². The number of aromatic nitrogens is 1. The van der Waals surface area contributed by atoms with E-state index in [2.05, 4.69) is 52.1 Å². The third-order valence-corrected chi connectivity index (χ3v) is 3.80. The molecule has 2 aromatic rings. The van der Waals surface area contributed by atoms with Crippen LogP contribution in [0.3, 0.4) is 0 Å². The van der Waals surface area contributed by atoms with Gasteiger partial charge in [-0.2, -0.15) is 0 Å². The molecular weight excluding hydrogens is 314 g/mol. The lowest BCUT2D eigenvalue weighted by Crippen LogP contribution is -2.06. The number of ether oxygens (including phenoxy) is 1. The molecule has 0 aliphatic heterocycles. The molecule has 3 heteroatoms. The van der Waals surface area contributed by atoms with Crippen molar-refractivity contribution in [3.8, 4) is 5.75 Å². The van der Waals surface area contributed by atoms with Crippen LogP contribution in [0.5, 0.6) is 5.75 Å². The fourth-order valence-electron chi connectivity index (χ4n) is 1.98. The lowest BCUT2D eigenvalue weighted by atomic mass is 10.1. The van der Waals surface area contributed by atoms with Gasteiger partial charge in [0, 0.05) is 23.1 Å². The van der Waals surface area contributed by atoms with Crippen LogP contribution in [0.15, 0.2) is 42.6 Å². The summed E-state index contributed by atoms with van der Waals surface area (Å²) in [5, 5.41) is 0. The number of pyridine rings is 1. The van der Waals surface area contributed by atoms with Gasteiger partial charge in [-0.05, 0) is 50.1 Å². The monoisotopic (exact) mass is 333 g/mol. The van der Waals surface area contributed by atoms with Gasteiger partial charge in [-0.25, -0.2) is 0 Å². The standard InChI is InChI=1S/C17H20BrNO/c1-12(2)20-16-6-4-5-14(9-16)17(18)10-15-8-7-13(3)11-19-15/h4-9,11-12,17H,10H2,1-3H3. The Labute approximate surface area is 129 Å². The summed E-state index contributed by atoms with van der Waals surface area (Å²) in [5.74, 6) is 0.916. The highest BCUT2D eigenvalue weighted by atomic mass is 79.9. The van der Waals surface area contributed by atoms with Crippen LogP contribution in [0.4, 0.5) is 0 Å². The average Bonchev–Trinajstić information content (AvgIpc) is 2.41. The van der Waals surface area contributed by atoms with E-state index in [0.29, 0.717) is 0 Å². The van der Waals surface area contributed by atoms with Gasteiger partial charge in [0.2, 0.25) is 0 Å². The molecule has 106 valence electrons. The van der Waals surface area contributed by atoms with Crippen LogP contribution >= 0.6 is 15.9 Å². The van der Waals surface area contributed by atoms with Gasteiger partial charge < -0.3 is 4.74 Å². The van der Waals surface area contributed by atoms with Gasteiger partial charge in [0.25, 0.3) is 0 Å². The van der Waals surface area contributed by atoms with Crippen molar-refractivity contribution in [2.75, 3.05) is 0 Å². The largest absolute Gasteiger partial charge is 0.491 e. The van der Waals surface area contributed by atoms with Gasteiger partial charge in [0.1, 0.15) is 5.75 Å². The molecule has 20 heavy (non-hydrogen) atoms. The van der Waals surface area contributed by atoms with Crippen LogP contribution in [-0.2, 0) is 6.42 Å². The van der Waals surface area contributed by atoms with Gasteiger partial charge in [-0.1, -0.05) is 34.1 Å². The van der Waals surface area contributed by atoms with Crippen LogP contribution in [-0.4, -0.2) is 11.1 Å². The lowest BCUT2D eigenvalue weighted by molar-refractivity contribution is 0.242. The lowest BCUT2D eigenvalue weighted by Gasteiger charge is -2.14. The van der Waals surface area contributed by atoms with Crippen molar-refractivity contribution in [2.24, 2.45) is 0 Å². The van der Waals surface area contributed by atoms with Crippen molar-refractivity contribution in [3.05, 3.63) is 59.4 Å². The van der Waals surface area contributed by atoms with Crippen molar-refractivity contribution >= 4 is 15.9 Å². The van der Waals surface area contributed by atoms with E-state index in [1.165, 1.54) is 11.1 Å². The Bertz CT molecular complexity index is 551. The molecule has 1 aromatic heterocycles.